The molecule has 0 bridgehead atoms. The number of hydrogen-bond acceptors (Lipinski definition) is 5. The van der Waals surface area contributed by atoms with Gasteiger partial charge in [0.15, 0.2) is 15.9 Å². The van der Waals surface area contributed by atoms with E-state index in [1.54, 1.807) is 11.8 Å². The Morgan fingerprint density at radius 1 is 1.13 bits per heavy atom. The van der Waals surface area contributed by atoms with Crippen LogP contribution in [0, 0.1) is 5.82 Å². The fourth-order valence-electron chi connectivity index (χ4n) is 3.51. The number of carbonyl (C=O) groups is 1. The van der Waals surface area contributed by atoms with Gasteiger partial charge in [0.25, 0.3) is 5.91 Å². The van der Waals surface area contributed by atoms with Crippen molar-refractivity contribution in [2.45, 2.75) is 32.0 Å². The zero-order chi connectivity index (χ0) is 21.9. The number of halogens is 1. The van der Waals surface area contributed by atoms with Crippen LogP contribution in [0.15, 0.2) is 48.5 Å². The average molecular weight is 435 g/mol. The Morgan fingerprint density at radius 2 is 1.77 bits per heavy atom. The van der Waals surface area contributed by atoms with Crippen molar-refractivity contribution in [2.75, 3.05) is 30.5 Å². The van der Waals surface area contributed by atoms with Gasteiger partial charge in [-0.05, 0) is 55.3 Å². The molecular formula is C22H27FN2O4S. The first-order chi connectivity index (χ1) is 14.1. The van der Waals surface area contributed by atoms with Gasteiger partial charge >= 0.3 is 0 Å². The lowest BCUT2D eigenvalue weighted by Crippen LogP contribution is -2.46. The molecular weight excluding hydrogens is 407 g/mol. The first-order valence-corrected chi connectivity index (χ1v) is 11.7. The standard InChI is InChI=1S/C22H27FN2O4S/c1-16(29-21-10-6-18(23)7-11-21)22(26)25(20-12-13-30(27,28)15-20)14-17-4-8-19(9-5-17)24(2)3/h4-11,16,20H,12-15H2,1-3H3/t16-,20+/m0/s1. The minimum atomic E-state index is -3.16. The summed E-state index contributed by atoms with van der Waals surface area (Å²) in [6, 6.07) is 12.8. The van der Waals surface area contributed by atoms with E-state index in [4.69, 9.17) is 4.74 Å². The molecule has 6 nitrogen and oxygen atoms in total. The van der Waals surface area contributed by atoms with Crippen LogP contribution in [0.1, 0.15) is 18.9 Å². The van der Waals surface area contributed by atoms with Crippen LogP contribution in [-0.2, 0) is 21.2 Å². The van der Waals surface area contributed by atoms with Crippen LogP contribution in [0.3, 0.4) is 0 Å². The van der Waals surface area contributed by atoms with Gasteiger partial charge in [-0.3, -0.25) is 4.79 Å². The van der Waals surface area contributed by atoms with Crippen LogP contribution >= 0.6 is 0 Å². The van der Waals surface area contributed by atoms with Crippen LogP contribution in [0.25, 0.3) is 0 Å². The lowest BCUT2D eigenvalue weighted by atomic mass is 10.1. The molecule has 0 spiro atoms. The van der Waals surface area contributed by atoms with Crippen LogP contribution in [-0.4, -0.2) is 57.0 Å². The van der Waals surface area contributed by atoms with Gasteiger partial charge in [-0.15, -0.1) is 0 Å². The molecule has 3 rings (SSSR count). The monoisotopic (exact) mass is 434 g/mol. The van der Waals surface area contributed by atoms with Gasteiger partial charge in [-0.2, -0.15) is 0 Å². The Morgan fingerprint density at radius 3 is 2.30 bits per heavy atom. The third-order valence-corrected chi connectivity index (χ3v) is 6.96. The van der Waals surface area contributed by atoms with Gasteiger partial charge in [0.2, 0.25) is 0 Å². The molecule has 1 heterocycles. The van der Waals surface area contributed by atoms with E-state index < -0.39 is 22.0 Å². The Kier molecular flexibility index (Phi) is 6.65. The smallest absolute Gasteiger partial charge is 0.263 e. The quantitative estimate of drug-likeness (QED) is 0.670. The van der Waals surface area contributed by atoms with Crippen molar-refractivity contribution in [2.24, 2.45) is 0 Å². The SMILES string of the molecule is C[C@H](Oc1ccc(F)cc1)C(=O)N(Cc1ccc(N(C)C)cc1)[C@@H]1CCS(=O)(=O)C1. The van der Waals surface area contributed by atoms with Gasteiger partial charge in [0.1, 0.15) is 11.6 Å². The van der Waals surface area contributed by atoms with Gasteiger partial charge in [0.05, 0.1) is 11.5 Å². The number of carbonyl (C=O) groups excluding carboxylic acids is 1. The molecule has 2 aromatic carbocycles. The van der Waals surface area contributed by atoms with Gasteiger partial charge in [-0.25, -0.2) is 12.8 Å². The van der Waals surface area contributed by atoms with E-state index in [0.717, 1.165) is 11.3 Å². The number of rotatable bonds is 7. The molecule has 1 aliphatic heterocycles. The first kappa shape index (κ1) is 22.1. The molecule has 0 radical (unpaired) electrons. The molecule has 30 heavy (non-hydrogen) atoms. The number of hydrogen-bond donors (Lipinski definition) is 0. The minimum Gasteiger partial charge on any atom is -0.481 e. The summed E-state index contributed by atoms with van der Waals surface area (Å²) in [7, 11) is 0.738. The third kappa shape index (κ3) is 5.50. The predicted molar refractivity (Wildman–Crippen MR) is 115 cm³/mol. The molecule has 8 heteroatoms. The van der Waals surface area contributed by atoms with Crippen molar-refractivity contribution in [1.82, 2.24) is 4.90 Å². The van der Waals surface area contributed by atoms with Crippen LogP contribution in [0.4, 0.5) is 10.1 Å². The van der Waals surface area contributed by atoms with Crippen molar-refractivity contribution in [3.8, 4) is 5.75 Å². The molecule has 2 aromatic rings. The summed E-state index contributed by atoms with van der Waals surface area (Å²) in [5, 5.41) is 0. The number of amides is 1. The zero-order valence-corrected chi connectivity index (χ0v) is 18.2. The molecule has 1 amide bonds. The van der Waals surface area contributed by atoms with E-state index >= 15 is 0 Å². The predicted octanol–water partition coefficient (Wildman–Crippen LogP) is 2.87. The lowest BCUT2D eigenvalue weighted by Gasteiger charge is -2.31. The number of sulfone groups is 1. The van der Waals surface area contributed by atoms with Gasteiger partial charge in [-0.1, -0.05) is 12.1 Å². The summed E-state index contributed by atoms with van der Waals surface area (Å²) >= 11 is 0. The highest BCUT2D eigenvalue weighted by atomic mass is 32.2. The molecule has 162 valence electrons. The van der Waals surface area contributed by atoms with E-state index in [1.807, 2.05) is 43.3 Å². The number of anilines is 1. The van der Waals surface area contributed by atoms with Crippen molar-refractivity contribution in [3.05, 3.63) is 59.9 Å². The largest absolute Gasteiger partial charge is 0.481 e. The van der Waals surface area contributed by atoms with Crippen molar-refractivity contribution in [3.63, 3.8) is 0 Å². The van der Waals surface area contributed by atoms with Crippen LogP contribution in [0.2, 0.25) is 0 Å². The first-order valence-electron chi connectivity index (χ1n) is 9.84. The Balaban J connectivity index is 1.79. The maximum Gasteiger partial charge on any atom is 0.263 e. The Bertz CT molecular complexity index is 975. The summed E-state index contributed by atoms with van der Waals surface area (Å²) in [5.41, 5.74) is 1.94. The second-order valence-electron chi connectivity index (χ2n) is 7.80. The minimum absolute atomic E-state index is 0.0439. The maximum absolute atomic E-state index is 13.2. The van der Waals surface area contributed by atoms with E-state index in [0.29, 0.717) is 18.7 Å². The molecule has 1 saturated heterocycles. The molecule has 0 N–H and O–H groups in total. The molecule has 0 aromatic heterocycles. The summed E-state index contributed by atoms with van der Waals surface area (Å²) in [4.78, 5) is 16.8. The van der Waals surface area contributed by atoms with Gasteiger partial charge in [0, 0.05) is 32.4 Å². The second kappa shape index (κ2) is 9.04. The molecule has 1 fully saturated rings. The maximum atomic E-state index is 13.2. The molecule has 0 aliphatic carbocycles. The summed E-state index contributed by atoms with van der Waals surface area (Å²) in [6.07, 6.45) is -0.424. The van der Waals surface area contributed by atoms with Crippen LogP contribution < -0.4 is 9.64 Å². The Hall–Kier alpha value is -2.61. The van der Waals surface area contributed by atoms with Crippen LogP contribution in [0.5, 0.6) is 5.75 Å². The fourth-order valence-corrected chi connectivity index (χ4v) is 5.24. The highest BCUT2D eigenvalue weighted by Crippen LogP contribution is 2.23. The third-order valence-electron chi connectivity index (χ3n) is 5.21. The van der Waals surface area contributed by atoms with E-state index in [9.17, 15) is 17.6 Å². The highest BCUT2D eigenvalue weighted by Gasteiger charge is 2.36. The highest BCUT2D eigenvalue weighted by molar-refractivity contribution is 7.91. The molecule has 2 atom stereocenters. The number of benzene rings is 2. The molecule has 1 aliphatic rings. The zero-order valence-electron chi connectivity index (χ0n) is 17.4. The fraction of sp³-hybridized carbons (Fsp3) is 0.409. The average Bonchev–Trinajstić information content (AvgIpc) is 3.07. The lowest BCUT2D eigenvalue weighted by molar-refractivity contribution is -0.140. The van der Waals surface area contributed by atoms with Crippen molar-refractivity contribution >= 4 is 21.4 Å². The Labute approximate surface area is 177 Å². The number of nitrogens with zero attached hydrogens (tertiary/aromatic N) is 2. The molecule has 0 saturated carbocycles. The second-order valence-corrected chi connectivity index (χ2v) is 10.0. The van der Waals surface area contributed by atoms with E-state index in [1.165, 1.54) is 24.3 Å². The summed E-state index contributed by atoms with van der Waals surface area (Å²) in [6.45, 7) is 1.92. The summed E-state index contributed by atoms with van der Waals surface area (Å²) < 4.78 is 42.9. The topological polar surface area (TPSA) is 66.9 Å². The molecule has 0 unspecified atom stereocenters. The van der Waals surface area contributed by atoms with E-state index in [-0.39, 0.29) is 23.2 Å². The van der Waals surface area contributed by atoms with Gasteiger partial charge < -0.3 is 14.5 Å². The number of ether oxygens (including phenoxy) is 1. The van der Waals surface area contributed by atoms with E-state index in [2.05, 4.69) is 0 Å². The summed E-state index contributed by atoms with van der Waals surface area (Å²) in [5.74, 6) is -0.267. The normalized spacial score (nSPS) is 18.6. The van der Waals surface area contributed by atoms with Crippen molar-refractivity contribution < 1.29 is 22.3 Å². The van der Waals surface area contributed by atoms with Crippen molar-refractivity contribution in [1.29, 1.82) is 0 Å².